The second-order valence-electron chi connectivity index (χ2n) is 7.61. The molecule has 0 saturated carbocycles. The zero-order chi connectivity index (χ0) is 25.8. The fourth-order valence-electron chi connectivity index (χ4n) is 3.46. The summed E-state index contributed by atoms with van der Waals surface area (Å²) in [5.74, 6) is -0.959. The lowest BCUT2D eigenvalue weighted by atomic mass is 10.1. The van der Waals surface area contributed by atoms with Gasteiger partial charge in [-0.25, -0.2) is 14.1 Å². The van der Waals surface area contributed by atoms with Gasteiger partial charge in [0.25, 0.3) is 11.8 Å². The Bertz CT molecular complexity index is 1360. The van der Waals surface area contributed by atoms with Crippen molar-refractivity contribution >= 4 is 68.1 Å². The lowest BCUT2D eigenvalue weighted by Crippen LogP contribution is -2.54. The molecule has 7 nitrogen and oxygen atoms in total. The average molecular weight is 665 g/mol. The number of rotatable bonds is 7. The van der Waals surface area contributed by atoms with Crippen LogP contribution in [-0.2, 0) is 16.2 Å². The third-order valence-electron chi connectivity index (χ3n) is 5.13. The Morgan fingerprint density at radius 3 is 2.39 bits per heavy atom. The third-order valence-corrected chi connectivity index (χ3v) is 6.46. The minimum Gasteiger partial charge on any atom is -0.490 e. The summed E-state index contributed by atoms with van der Waals surface area (Å²) in [7, 11) is 0. The molecule has 0 radical (unpaired) electrons. The van der Waals surface area contributed by atoms with Crippen LogP contribution in [0.2, 0.25) is 0 Å². The minimum atomic E-state index is -0.821. The second-order valence-corrected chi connectivity index (χ2v) is 9.69. The number of benzene rings is 3. The monoisotopic (exact) mass is 664 g/mol. The molecular formula is C26H19BrFIN2O5. The van der Waals surface area contributed by atoms with E-state index in [9.17, 15) is 18.8 Å². The van der Waals surface area contributed by atoms with Crippen molar-refractivity contribution in [3.8, 4) is 11.5 Å². The molecule has 36 heavy (non-hydrogen) atoms. The largest absolute Gasteiger partial charge is 0.490 e. The Morgan fingerprint density at radius 1 is 1.03 bits per heavy atom. The van der Waals surface area contributed by atoms with Crippen LogP contribution in [-0.4, -0.2) is 24.5 Å². The molecule has 0 bridgehead atoms. The van der Waals surface area contributed by atoms with Crippen molar-refractivity contribution in [1.29, 1.82) is 0 Å². The highest BCUT2D eigenvalue weighted by Crippen LogP contribution is 2.36. The first-order valence-corrected chi connectivity index (χ1v) is 12.6. The normalized spacial score (nSPS) is 14.7. The number of imide groups is 2. The number of amides is 4. The number of ether oxygens (including phenoxy) is 2. The van der Waals surface area contributed by atoms with Crippen molar-refractivity contribution in [2.24, 2.45) is 0 Å². The van der Waals surface area contributed by atoms with E-state index in [0.717, 1.165) is 14.9 Å². The highest BCUT2D eigenvalue weighted by molar-refractivity contribution is 14.1. The lowest BCUT2D eigenvalue weighted by molar-refractivity contribution is -0.122. The number of carbonyl (C=O) groups is 3. The van der Waals surface area contributed by atoms with Crippen LogP contribution in [0.25, 0.3) is 6.08 Å². The maximum Gasteiger partial charge on any atom is 0.335 e. The highest BCUT2D eigenvalue weighted by atomic mass is 127. The van der Waals surface area contributed by atoms with Crippen LogP contribution in [0.4, 0.5) is 14.9 Å². The van der Waals surface area contributed by atoms with Gasteiger partial charge in [-0.1, -0.05) is 28.1 Å². The van der Waals surface area contributed by atoms with Crippen molar-refractivity contribution in [2.45, 2.75) is 13.5 Å². The van der Waals surface area contributed by atoms with E-state index in [4.69, 9.17) is 9.47 Å². The van der Waals surface area contributed by atoms with Crippen LogP contribution in [0.1, 0.15) is 18.1 Å². The van der Waals surface area contributed by atoms with E-state index in [0.29, 0.717) is 32.9 Å². The fraction of sp³-hybridized carbons (Fsp3) is 0.115. The van der Waals surface area contributed by atoms with Gasteiger partial charge in [-0.3, -0.25) is 14.9 Å². The van der Waals surface area contributed by atoms with E-state index in [2.05, 4.69) is 43.8 Å². The Kier molecular flexibility index (Phi) is 8.04. The quantitative estimate of drug-likeness (QED) is 0.195. The van der Waals surface area contributed by atoms with Crippen molar-refractivity contribution in [3.63, 3.8) is 0 Å². The molecule has 1 aliphatic rings. The van der Waals surface area contributed by atoms with Crippen LogP contribution in [0, 0.1) is 9.39 Å². The number of urea groups is 1. The molecule has 1 saturated heterocycles. The zero-order valence-electron chi connectivity index (χ0n) is 18.9. The maximum absolute atomic E-state index is 13.2. The second kappa shape index (κ2) is 11.2. The van der Waals surface area contributed by atoms with Crippen molar-refractivity contribution in [3.05, 3.63) is 91.2 Å². The van der Waals surface area contributed by atoms with Gasteiger partial charge in [0.1, 0.15) is 18.0 Å². The number of nitrogens with zero attached hydrogens (tertiary/aromatic N) is 1. The average Bonchev–Trinajstić information content (AvgIpc) is 2.83. The van der Waals surface area contributed by atoms with Gasteiger partial charge in [0.15, 0.2) is 11.5 Å². The molecule has 4 rings (SSSR count). The summed E-state index contributed by atoms with van der Waals surface area (Å²) in [5, 5.41) is 2.21. The van der Waals surface area contributed by atoms with Gasteiger partial charge < -0.3 is 9.47 Å². The maximum atomic E-state index is 13.2. The van der Waals surface area contributed by atoms with E-state index in [1.165, 1.54) is 18.2 Å². The van der Waals surface area contributed by atoms with Gasteiger partial charge in [0.2, 0.25) is 0 Å². The van der Waals surface area contributed by atoms with Crippen LogP contribution in [0.5, 0.6) is 11.5 Å². The first-order chi connectivity index (χ1) is 17.3. The first-order valence-electron chi connectivity index (χ1n) is 10.8. The summed E-state index contributed by atoms with van der Waals surface area (Å²) in [6.07, 6.45) is 1.41. The summed E-state index contributed by atoms with van der Waals surface area (Å²) >= 11 is 5.39. The van der Waals surface area contributed by atoms with Gasteiger partial charge >= 0.3 is 6.03 Å². The molecule has 0 atom stereocenters. The summed E-state index contributed by atoms with van der Waals surface area (Å²) in [6, 6.07) is 15.1. The number of carbonyl (C=O) groups excluding carboxylic acids is 3. The molecule has 4 amide bonds. The summed E-state index contributed by atoms with van der Waals surface area (Å²) < 4.78 is 26.4. The Balaban J connectivity index is 1.65. The molecule has 0 aromatic heterocycles. The Hall–Kier alpha value is -3.25. The van der Waals surface area contributed by atoms with E-state index in [-0.39, 0.29) is 18.0 Å². The lowest BCUT2D eigenvalue weighted by Gasteiger charge is -2.26. The molecule has 1 N–H and O–H groups in total. The Labute approximate surface area is 228 Å². The first kappa shape index (κ1) is 25.8. The molecule has 3 aromatic rings. The molecule has 10 heteroatoms. The van der Waals surface area contributed by atoms with E-state index < -0.39 is 17.8 Å². The Morgan fingerprint density at radius 2 is 1.72 bits per heavy atom. The summed E-state index contributed by atoms with van der Waals surface area (Å²) in [5.41, 5.74) is 1.42. The number of nitrogens with one attached hydrogen (secondary N) is 1. The molecule has 1 aliphatic heterocycles. The van der Waals surface area contributed by atoms with Crippen LogP contribution in [0.15, 0.2) is 70.7 Å². The van der Waals surface area contributed by atoms with Gasteiger partial charge in [0.05, 0.1) is 15.9 Å². The van der Waals surface area contributed by atoms with E-state index in [1.807, 2.05) is 6.92 Å². The van der Waals surface area contributed by atoms with Crippen molar-refractivity contribution < 1.29 is 28.2 Å². The van der Waals surface area contributed by atoms with Gasteiger partial charge in [-0.2, -0.15) is 0 Å². The van der Waals surface area contributed by atoms with Crippen molar-refractivity contribution in [2.75, 3.05) is 11.5 Å². The highest BCUT2D eigenvalue weighted by Gasteiger charge is 2.36. The predicted octanol–water partition coefficient (Wildman–Crippen LogP) is 5.84. The van der Waals surface area contributed by atoms with Gasteiger partial charge in [0, 0.05) is 4.47 Å². The number of hydrogen-bond acceptors (Lipinski definition) is 5. The number of hydrogen-bond donors (Lipinski definition) is 1. The molecule has 3 aromatic carbocycles. The predicted molar refractivity (Wildman–Crippen MR) is 144 cm³/mol. The number of halogens is 3. The number of anilines is 1. The van der Waals surface area contributed by atoms with Crippen LogP contribution in [0.3, 0.4) is 0 Å². The van der Waals surface area contributed by atoms with Crippen molar-refractivity contribution in [1.82, 2.24) is 5.32 Å². The van der Waals surface area contributed by atoms with E-state index in [1.54, 1.807) is 48.5 Å². The topological polar surface area (TPSA) is 84.9 Å². The van der Waals surface area contributed by atoms with Gasteiger partial charge in [-0.05, 0) is 95.2 Å². The minimum absolute atomic E-state index is 0.196. The molecule has 0 spiro atoms. The third kappa shape index (κ3) is 5.76. The molecule has 184 valence electrons. The van der Waals surface area contributed by atoms with E-state index >= 15 is 0 Å². The van der Waals surface area contributed by atoms with Crippen LogP contribution >= 0.6 is 38.5 Å². The fourth-order valence-corrected chi connectivity index (χ4v) is 4.50. The SMILES string of the molecule is CCOc1cc(/C=C2\C(=O)NC(=O)N(c3ccc(Br)cc3)C2=O)cc(I)c1OCc1ccc(F)cc1. The number of barbiturate groups is 1. The standard InChI is InChI=1S/C26H19BrFIN2O5/c1-2-35-22-13-16(12-21(29)23(22)36-14-15-3-7-18(28)8-4-15)11-20-24(32)30-26(34)31(25(20)33)19-9-5-17(27)6-10-19/h3-13H,2,14H2,1H3,(H,30,32,34)/b20-11+. The molecule has 1 fully saturated rings. The smallest absolute Gasteiger partial charge is 0.335 e. The van der Waals surface area contributed by atoms with Crippen LogP contribution < -0.4 is 19.7 Å². The molecule has 0 unspecified atom stereocenters. The molecule has 1 heterocycles. The molecule has 0 aliphatic carbocycles. The summed E-state index contributed by atoms with van der Waals surface area (Å²) in [4.78, 5) is 39.0. The van der Waals surface area contributed by atoms with Gasteiger partial charge in [-0.15, -0.1) is 0 Å². The zero-order valence-corrected chi connectivity index (χ0v) is 22.6. The molecular weight excluding hydrogens is 646 g/mol. The summed E-state index contributed by atoms with van der Waals surface area (Å²) in [6.45, 7) is 2.37.